The summed E-state index contributed by atoms with van der Waals surface area (Å²) < 4.78 is 5.75. The van der Waals surface area contributed by atoms with Crippen LogP contribution in [0.15, 0.2) is 24.3 Å². The minimum absolute atomic E-state index is 0.231. The molecule has 1 rings (SSSR count). The minimum atomic E-state index is 0.231. The lowest BCUT2D eigenvalue weighted by molar-refractivity contribution is 0.311. The Labute approximate surface area is 98.8 Å². The molecule has 2 nitrogen and oxygen atoms in total. The Balaban J connectivity index is 2.76. The van der Waals surface area contributed by atoms with Gasteiger partial charge in [0, 0.05) is 6.04 Å². The molecule has 0 aliphatic heterocycles. The van der Waals surface area contributed by atoms with Crippen LogP contribution in [0.3, 0.4) is 0 Å². The van der Waals surface area contributed by atoms with Crippen molar-refractivity contribution in [3.8, 4) is 5.75 Å². The summed E-state index contributed by atoms with van der Waals surface area (Å²) in [5.74, 6) is 1.46. The van der Waals surface area contributed by atoms with Gasteiger partial charge in [0.15, 0.2) is 0 Å². The molecule has 0 amide bonds. The van der Waals surface area contributed by atoms with Crippen molar-refractivity contribution in [1.82, 2.24) is 0 Å². The van der Waals surface area contributed by atoms with Crippen LogP contribution in [0.4, 0.5) is 0 Å². The lowest BCUT2D eigenvalue weighted by Gasteiger charge is -2.18. The molecule has 0 bridgehead atoms. The van der Waals surface area contributed by atoms with E-state index in [1.165, 1.54) is 5.56 Å². The van der Waals surface area contributed by atoms with Gasteiger partial charge in [0.1, 0.15) is 5.75 Å². The first-order chi connectivity index (χ1) is 7.65. The highest BCUT2D eigenvalue weighted by Gasteiger charge is 2.12. The van der Waals surface area contributed by atoms with Crippen molar-refractivity contribution in [2.24, 2.45) is 5.73 Å². The van der Waals surface area contributed by atoms with Gasteiger partial charge < -0.3 is 10.5 Å². The molecule has 0 saturated heterocycles. The first kappa shape index (κ1) is 13.0. The number of ether oxygens (including phenoxy) is 1. The van der Waals surface area contributed by atoms with Crippen LogP contribution in [0, 0.1) is 0 Å². The van der Waals surface area contributed by atoms with Gasteiger partial charge in [0.05, 0.1) is 6.61 Å². The van der Waals surface area contributed by atoms with Gasteiger partial charge in [-0.15, -0.1) is 0 Å². The van der Waals surface area contributed by atoms with Gasteiger partial charge in [-0.3, -0.25) is 0 Å². The van der Waals surface area contributed by atoms with Crippen LogP contribution >= 0.6 is 0 Å². The molecule has 0 aliphatic rings. The monoisotopic (exact) mass is 221 g/mol. The largest absolute Gasteiger partial charge is 0.493 e. The molecule has 0 radical (unpaired) electrons. The van der Waals surface area contributed by atoms with E-state index < -0.39 is 0 Å². The zero-order chi connectivity index (χ0) is 12.0. The molecule has 2 unspecified atom stereocenters. The summed E-state index contributed by atoms with van der Waals surface area (Å²) in [4.78, 5) is 0. The second-order valence-electron chi connectivity index (χ2n) is 4.50. The molecule has 0 aliphatic carbocycles. The predicted molar refractivity (Wildman–Crippen MR) is 68.9 cm³/mol. The quantitative estimate of drug-likeness (QED) is 0.799. The Morgan fingerprint density at radius 1 is 1.25 bits per heavy atom. The fraction of sp³-hybridized carbons (Fsp3) is 0.571. The predicted octanol–water partition coefficient (Wildman–Crippen LogP) is 3.32. The average Bonchev–Trinajstić information content (AvgIpc) is 2.25. The molecule has 2 heteroatoms. The average molecular weight is 221 g/mol. The fourth-order valence-corrected chi connectivity index (χ4v) is 1.92. The van der Waals surface area contributed by atoms with Crippen molar-refractivity contribution >= 4 is 0 Å². The topological polar surface area (TPSA) is 35.2 Å². The number of hydrogen-bond acceptors (Lipinski definition) is 2. The molecule has 0 aromatic heterocycles. The maximum absolute atomic E-state index is 5.84. The molecular formula is C14H23NO. The second-order valence-corrected chi connectivity index (χ2v) is 4.50. The maximum Gasteiger partial charge on any atom is 0.122 e. The summed E-state index contributed by atoms with van der Waals surface area (Å²) in [6.07, 6.45) is 2.03. The Morgan fingerprint density at radius 2 is 1.94 bits per heavy atom. The Bertz CT molecular complexity index is 309. The fourth-order valence-electron chi connectivity index (χ4n) is 1.92. The van der Waals surface area contributed by atoms with Gasteiger partial charge in [-0.2, -0.15) is 0 Å². The van der Waals surface area contributed by atoms with Crippen LogP contribution in [-0.2, 0) is 0 Å². The summed E-state index contributed by atoms with van der Waals surface area (Å²) in [5, 5.41) is 0. The van der Waals surface area contributed by atoms with Crippen LogP contribution in [0.2, 0.25) is 0 Å². The maximum atomic E-state index is 5.84. The van der Waals surface area contributed by atoms with Crippen LogP contribution in [-0.4, -0.2) is 12.6 Å². The standard InChI is InChI=1S/C14H23NO/c1-4-9-16-14-8-6-5-7-13(14)11(2)10-12(3)15/h5-8,11-12H,4,9-10,15H2,1-3H3. The summed E-state index contributed by atoms with van der Waals surface area (Å²) in [5.41, 5.74) is 7.11. The normalized spacial score (nSPS) is 14.5. The summed E-state index contributed by atoms with van der Waals surface area (Å²) in [7, 11) is 0. The summed E-state index contributed by atoms with van der Waals surface area (Å²) >= 11 is 0. The van der Waals surface area contributed by atoms with E-state index in [2.05, 4.69) is 26.0 Å². The van der Waals surface area contributed by atoms with Gasteiger partial charge >= 0.3 is 0 Å². The summed E-state index contributed by atoms with van der Waals surface area (Å²) in [6.45, 7) is 7.15. The van der Waals surface area contributed by atoms with Crippen LogP contribution < -0.4 is 10.5 Å². The lowest BCUT2D eigenvalue weighted by Crippen LogP contribution is -2.17. The van der Waals surface area contributed by atoms with Gasteiger partial charge in [-0.1, -0.05) is 32.0 Å². The van der Waals surface area contributed by atoms with Gasteiger partial charge in [0.2, 0.25) is 0 Å². The summed E-state index contributed by atoms with van der Waals surface area (Å²) in [6, 6.07) is 8.49. The Hall–Kier alpha value is -1.02. The number of nitrogens with two attached hydrogens (primary N) is 1. The van der Waals surface area contributed by atoms with Crippen molar-refractivity contribution in [3.05, 3.63) is 29.8 Å². The van der Waals surface area contributed by atoms with E-state index in [1.54, 1.807) is 0 Å². The number of rotatable bonds is 6. The van der Waals surface area contributed by atoms with Crippen LogP contribution in [0.5, 0.6) is 5.75 Å². The molecule has 2 N–H and O–H groups in total. The van der Waals surface area contributed by atoms with Crippen molar-refractivity contribution in [2.45, 2.75) is 45.6 Å². The zero-order valence-corrected chi connectivity index (χ0v) is 10.6. The Morgan fingerprint density at radius 3 is 2.56 bits per heavy atom. The Kier molecular flexibility index (Phi) is 5.33. The molecule has 16 heavy (non-hydrogen) atoms. The first-order valence-electron chi connectivity index (χ1n) is 6.12. The number of benzene rings is 1. The smallest absolute Gasteiger partial charge is 0.122 e. The molecule has 90 valence electrons. The highest BCUT2D eigenvalue weighted by atomic mass is 16.5. The van der Waals surface area contributed by atoms with Gasteiger partial charge in [0.25, 0.3) is 0 Å². The molecule has 0 saturated carbocycles. The van der Waals surface area contributed by atoms with Crippen molar-refractivity contribution in [1.29, 1.82) is 0 Å². The number of para-hydroxylation sites is 1. The van der Waals surface area contributed by atoms with Crippen molar-refractivity contribution in [2.75, 3.05) is 6.61 Å². The van der Waals surface area contributed by atoms with Gasteiger partial charge in [-0.25, -0.2) is 0 Å². The van der Waals surface area contributed by atoms with E-state index in [0.29, 0.717) is 5.92 Å². The first-order valence-corrected chi connectivity index (χ1v) is 6.12. The van der Waals surface area contributed by atoms with Crippen molar-refractivity contribution < 1.29 is 4.74 Å². The van der Waals surface area contributed by atoms with E-state index in [4.69, 9.17) is 10.5 Å². The second kappa shape index (κ2) is 6.54. The lowest BCUT2D eigenvalue weighted by atomic mass is 9.94. The minimum Gasteiger partial charge on any atom is -0.493 e. The SMILES string of the molecule is CCCOc1ccccc1C(C)CC(C)N. The van der Waals surface area contributed by atoms with Crippen LogP contribution in [0.1, 0.15) is 45.1 Å². The van der Waals surface area contributed by atoms with E-state index in [0.717, 1.165) is 25.2 Å². The molecule has 0 heterocycles. The van der Waals surface area contributed by atoms with Crippen molar-refractivity contribution in [3.63, 3.8) is 0 Å². The van der Waals surface area contributed by atoms with E-state index in [1.807, 2.05) is 19.1 Å². The molecular weight excluding hydrogens is 198 g/mol. The zero-order valence-electron chi connectivity index (χ0n) is 10.6. The molecule has 0 fully saturated rings. The molecule has 1 aromatic carbocycles. The highest BCUT2D eigenvalue weighted by molar-refractivity contribution is 5.36. The number of hydrogen-bond donors (Lipinski definition) is 1. The third kappa shape index (κ3) is 3.86. The third-order valence-corrected chi connectivity index (χ3v) is 2.64. The highest BCUT2D eigenvalue weighted by Crippen LogP contribution is 2.29. The van der Waals surface area contributed by atoms with E-state index >= 15 is 0 Å². The van der Waals surface area contributed by atoms with E-state index in [-0.39, 0.29) is 6.04 Å². The van der Waals surface area contributed by atoms with Gasteiger partial charge in [-0.05, 0) is 37.3 Å². The third-order valence-electron chi connectivity index (χ3n) is 2.64. The van der Waals surface area contributed by atoms with Crippen LogP contribution in [0.25, 0.3) is 0 Å². The molecule has 2 atom stereocenters. The molecule has 1 aromatic rings. The van der Waals surface area contributed by atoms with E-state index in [9.17, 15) is 0 Å². The molecule has 0 spiro atoms.